The maximum absolute atomic E-state index is 11.2. The van der Waals surface area contributed by atoms with Crippen molar-refractivity contribution in [2.45, 2.75) is 13.3 Å². The molecule has 0 amide bonds. The zero-order valence-electron chi connectivity index (χ0n) is 11.1. The highest BCUT2D eigenvalue weighted by Gasteiger charge is 2.12. The third kappa shape index (κ3) is 2.16. The maximum Gasteiger partial charge on any atom is 0.339 e. The molecule has 0 saturated carbocycles. The summed E-state index contributed by atoms with van der Waals surface area (Å²) < 4.78 is 1.76. The van der Waals surface area contributed by atoms with Gasteiger partial charge in [0.15, 0.2) is 5.65 Å². The van der Waals surface area contributed by atoms with Crippen LogP contribution in [0.4, 0.5) is 0 Å². The van der Waals surface area contributed by atoms with Crippen molar-refractivity contribution in [3.63, 3.8) is 0 Å². The first-order valence-corrected chi connectivity index (χ1v) is 6.39. The zero-order valence-corrected chi connectivity index (χ0v) is 11.1. The zero-order chi connectivity index (χ0) is 14.1. The molecule has 0 saturated heterocycles. The van der Waals surface area contributed by atoms with Crippen molar-refractivity contribution in [2.75, 3.05) is 0 Å². The normalized spacial score (nSPS) is 10.8. The van der Waals surface area contributed by atoms with Crippen molar-refractivity contribution in [3.05, 3.63) is 71.2 Å². The molecular weight excluding hydrogens is 252 g/mol. The van der Waals surface area contributed by atoms with Crippen LogP contribution in [0.5, 0.6) is 0 Å². The van der Waals surface area contributed by atoms with Gasteiger partial charge >= 0.3 is 5.97 Å². The number of hydrogen-bond donors (Lipinski definition) is 1. The number of carboxylic acids is 1. The molecule has 0 fully saturated rings. The van der Waals surface area contributed by atoms with Crippen molar-refractivity contribution >= 4 is 11.6 Å². The number of fused-ring (bicyclic) bond motifs is 1. The monoisotopic (exact) mass is 266 g/mol. The average Bonchev–Trinajstić information content (AvgIpc) is 2.83. The Bertz CT molecular complexity index is 790. The third-order valence-electron chi connectivity index (χ3n) is 3.40. The molecule has 0 bridgehead atoms. The second kappa shape index (κ2) is 4.81. The predicted molar refractivity (Wildman–Crippen MR) is 76.1 cm³/mol. The lowest BCUT2D eigenvalue weighted by Gasteiger charge is -2.01. The summed E-state index contributed by atoms with van der Waals surface area (Å²) in [6.45, 7) is 2.06. The number of nitrogens with zero attached hydrogens (tertiary/aromatic N) is 2. The third-order valence-corrected chi connectivity index (χ3v) is 3.40. The molecule has 4 nitrogen and oxygen atoms in total. The lowest BCUT2D eigenvalue weighted by molar-refractivity contribution is 0.0698. The molecule has 1 aromatic carbocycles. The summed E-state index contributed by atoms with van der Waals surface area (Å²) in [5.74, 6) is -0.955. The number of aryl methyl sites for hydroxylation is 1. The average molecular weight is 266 g/mol. The molecular formula is C16H14N2O2. The van der Waals surface area contributed by atoms with Gasteiger partial charge in [-0.2, -0.15) is 0 Å². The van der Waals surface area contributed by atoms with Crippen LogP contribution in [0.25, 0.3) is 5.65 Å². The molecule has 0 aliphatic carbocycles. The van der Waals surface area contributed by atoms with E-state index >= 15 is 0 Å². The number of pyridine rings is 1. The number of aromatic carboxylic acids is 1. The van der Waals surface area contributed by atoms with Gasteiger partial charge in [-0.25, -0.2) is 9.78 Å². The minimum Gasteiger partial charge on any atom is -0.478 e. The van der Waals surface area contributed by atoms with E-state index in [-0.39, 0.29) is 5.56 Å². The minimum absolute atomic E-state index is 0.225. The summed E-state index contributed by atoms with van der Waals surface area (Å²) >= 11 is 0. The highest BCUT2D eigenvalue weighted by Crippen LogP contribution is 2.16. The van der Waals surface area contributed by atoms with Crippen LogP contribution in [0.15, 0.2) is 48.8 Å². The van der Waals surface area contributed by atoms with Crippen LogP contribution in [-0.4, -0.2) is 20.5 Å². The number of imidazole rings is 1. The van der Waals surface area contributed by atoms with E-state index in [1.165, 1.54) is 11.1 Å². The molecule has 3 aromatic rings. The number of carbonyl (C=O) groups is 1. The lowest BCUT2D eigenvalue weighted by atomic mass is 10.0. The molecule has 1 N–H and O–H groups in total. The molecule has 0 unspecified atom stereocenters. The van der Waals surface area contributed by atoms with Gasteiger partial charge in [-0.05, 0) is 30.2 Å². The van der Waals surface area contributed by atoms with E-state index < -0.39 is 5.97 Å². The van der Waals surface area contributed by atoms with E-state index in [2.05, 4.69) is 24.0 Å². The highest BCUT2D eigenvalue weighted by molar-refractivity contribution is 5.94. The van der Waals surface area contributed by atoms with Crippen LogP contribution in [0.3, 0.4) is 0 Å². The number of carboxylic acid groups (broad SMARTS) is 1. The molecule has 0 spiro atoms. The second-order valence-corrected chi connectivity index (χ2v) is 4.79. The van der Waals surface area contributed by atoms with Gasteiger partial charge in [-0.1, -0.05) is 24.3 Å². The van der Waals surface area contributed by atoms with E-state index in [1.54, 1.807) is 16.5 Å². The topological polar surface area (TPSA) is 54.6 Å². The van der Waals surface area contributed by atoms with E-state index in [0.717, 1.165) is 5.69 Å². The second-order valence-electron chi connectivity index (χ2n) is 4.79. The van der Waals surface area contributed by atoms with Crippen LogP contribution in [-0.2, 0) is 6.42 Å². The van der Waals surface area contributed by atoms with Gasteiger partial charge in [0.2, 0.25) is 0 Å². The fourth-order valence-corrected chi connectivity index (χ4v) is 2.32. The molecule has 0 aliphatic heterocycles. The largest absolute Gasteiger partial charge is 0.478 e. The summed E-state index contributed by atoms with van der Waals surface area (Å²) in [5, 5.41) is 9.17. The predicted octanol–water partition coefficient (Wildman–Crippen LogP) is 2.93. The fourth-order valence-electron chi connectivity index (χ4n) is 2.32. The molecule has 20 heavy (non-hydrogen) atoms. The maximum atomic E-state index is 11.2. The van der Waals surface area contributed by atoms with Crippen LogP contribution >= 0.6 is 0 Å². The van der Waals surface area contributed by atoms with Gasteiger partial charge in [0.05, 0.1) is 5.69 Å². The van der Waals surface area contributed by atoms with E-state index in [9.17, 15) is 9.90 Å². The summed E-state index contributed by atoms with van der Waals surface area (Å²) in [6.07, 6.45) is 4.40. The molecule has 100 valence electrons. The van der Waals surface area contributed by atoms with Crippen LogP contribution < -0.4 is 0 Å². The van der Waals surface area contributed by atoms with E-state index in [4.69, 9.17) is 0 Å². The quantitative estimate of drug-likeness (QED) is 0.793. The van der Waals surface area contributed by atoms with Crippen LogP contribution in [0, 0.1) is 6.92 Å². The summed E-state index contributed by atoms with van der Waals surface area (Å²) in [5.41, 5.74) is 4.00. The Hall–Kier alpha value is -2.62. The van der Waals surface area contributed by atoms with Gasteiger partial charge in [0.1, 0.15) is 5.56 Å². The molecule has 0 atom stereocenters. The van der Waals surface area contributed by atoms with Crippen molar-refractivity contribution in [1.29, 1.82) is 0 Å². The molecule has 0 aliphatic rings. The highest BCUT2D eigenvalue weighted by atomic mass is 16.4. The first-order chi connectivity index (χ1) is 9.65. The van der Waals surface area contributed by atoms with E-state index in [1.807, 2.05) is 24.5 Å². The van der Waals surface area contributed by atoms with Crippen LogP contribution in [0.1, 0.15) is 27.2 Å². The van der Waals surface area contributed by atoms with Crippen molar-refractivity contribution < 1.29 is 9.90 Å². The number of benzene rings is 1. The first kappa shape index (κ1) is 12.4. The van der Waals surface area contributed by atoms with Crippen molar-refractivity contribution in [3.8, 4) is 0 Å². The van der Waals surface area contributed by atoms with Gasteiger partial charge in [-0.3, -0.25) is 0 Å². The van der Waals surface area contributed by atoms with Gasteiger partial charge in [0, 0.05) is 18.8 Å². The standard InChI is InChI=1S/C16H14N2O2/c1-11-5-2-3-6-12(11)9-13-10-18-8-4-7-14(16(19)20)15(18)17-13/h2-8,10H,9H2,1H3,(H,19,20). The minimum atomic E-state index is -0.955. The smallest absolute Gasteiger partial charge is 0.339 e. The van der Waals surface area contributed by atoms with Crippen molar-refractivity contribution in [1.82, 2.24) is 9.38 Å². The molecule has 0 radical (unpaired) electrons. The van der Waals surface area contributed by atoms with Crippen molar-refractivity contribution in [2.24, 2.45) is 0 Å². The summed E-state index contributed by atoms with van der Waals surface area (Å²) in [4.78, 5) is 15.6. The lowest BCUT2D eigenvalue weighted by Crippen LogP contribution is -1.99. The summed E-state index contributed by atoms with van der Waals surface area (Å²) in [6, 6.07) is 11.4. The Labute approximate surface area is 116 Å². The number of rotatable bonds is 3. The first-order valence-electron chi connectivity index (χ1n) is 6.39. The van der Waals surface area contributed by atoms with Gasteiger partial charge < -0.3 is 9.51 Å². The Morgan fingerprint density at radius 1 is 1.25 bits per heavy atom. The van der Waals surface area contributed by atoms with E-state index in [0.29, 0.717) is 12.1 Å². The molecule has 3 rings (SSSR count). The van der Waals surface area contributed by atoms with Gasteiger partial charge in [-0.15, -0.1) is 0 Å². The molecule has 4 heteroatoms. The SMILES string of the molecule is Cc1ccccc1Cc1cn2cccc(C(=O)O)c2n1. The Morgan fingerprint density at radius 3 is 2.80 bits per heavy atom. The molecule has 2 aromatic heterocycles. The Balaban J connectivity index is 2.04. The Morgan fingerprint density at radius 2 is 2.05 bits per heavy atom. The fraction of sp³-hybridized carbons (Fsp3) is 0.125. The summed E-state index contributed by atoms with van der Waals surface area (Å²) in [7, 11) is 0. The number of hydrogen-bond acceptors (Lipinski definition) is 2. The number of aromatic nitrogens is 2. The van der Waals surface area contributed by atoms with Gasteiger partial charge in [0.25, 0.3) is 0 Å². The Kier molecular flexibility index (Phi) is 2.99. The van der Waals surface area contributed by atoms with Crippen LogP contribution in [0.2, 0.25) is 0 Å². The molecule has 2 heterocycles.